The zero-order chi connectivity index (χ0) is 25.0. The molecule has 1 heterocycles. The van der Waals surface area contributed by atoms with E-state index in [1.54, 1.807) is 35.0 Å². The van der Waals surface area contributed by atoms with Crippen LogP contribution in [0, 0.1) is 11.8 Å². The van der Waals surface area contributed by atoms with Crippen LogP contribution in [0.1, 0.15) is 46.1 Å². The minimum atomic E-state index is -0.382. The van der Waals surface area contributed by atoms with Gasteiger partial charge in [0.2, 0.25) is 11.8 Å². The number of urea groups is 1. The van der Waals surface area contributed by atoms with E-state index in [4.69, 9.17) is 4.74 Å². The van der Waals surface area contributed by atoms with Crippen LogP contribution in [0.5, 0.6) is 5.75 Å². The van der Waals surface area contributed by atoms with Gasteiger partial charge in [0, 0.05) is 42.7 Å². The number of carbonyl (C=O) groups excluding carboxylic acids is 3. The Balaban J connectivity index is 1.89. The van der Waals surface area contributed by atoms with Gasteiger partial charge >= 0.3 is 6.03 Å². The molecule has 0 spiro atoms. The van der Waals surface area contributed by atoms with Crippen LogP contribution in [0.4, 0.5) is 10.5 Å². The summed E-state index contributed by atoms with van der Waals surface area (Å²) in [6, 6.07) is 4.82. The Hall–Kier alpha value is -2.81. The third-order valence-electron chi connectivity index (χ3n) is 6.34. The predicted molar refractivity (Wildman–Crippen MR) is 130 cm³/mol. The van der Waals surface area contributed by atoms with Gasteiger partial charge in [-0.1, -0.05) is 6.92 Å². The molecular weight excluding hydrogens is 436 g/mol. The van der Waals surface area contributed by atoms with Crippen LogP contribution < -0.4 is 15.4 Å². The fourth-order valence-corrected chi connectivity index (χ4v) is 4.03. The Bertz CT molecular complexity index is 901. The number of fused-ring (bicyclic) bond motifs is 1. The molecule has 0 radical (unpaired) electrons. The number of likely N-dealkylation sites (N-methyl/N-ethyl adjacent to an activating group) is 1. The molecule has 0 aromatic heterocycles. The number of aliphatic hydroxyl groups is 1. The van der Waals surface area contributed by atoms with Gasteiger partial charge in [0.15, 0.2) is 0 Å². The minimum Gasteiger partial charge on any atom is -0.488 e. The number of amides is 4. The summed E-state index contributed by atoms with van der Waals surface area (Å²) in [5.41, 5.74) is 1.30. The van der Waals surface area contributed by atoms with Crippen molar-refractivity contribution in [2.24, 2.45) is 11.8 Å². The van der Waals surface area contributed by atoms with Gasteiger partial charge in [-0.25, -0.2) is 4.79 Å². The van der Waals surface area contributed by atoms with E-state index in [1.165, 1.54) is 0 Å². The van der Waals surface area contributed by atoms with Crippen LogP contribution in [0.15, 0.2) is 18.2 Å². The van der Waals surface area contributed by atoms with Gasteiger partial charge in [-0.15, -0.1) is 0 Å². The van der Waals surface area contributed by atoms with E-state index in [1.807, 2.05) is 27.7 Å². The largest absolute Gasteiger partial charge is 0.488 e. The lowest BCUT2D eigenvalue weighted by Gasteiger charge is -2.34. The molecule has 1 aliphatic heterocycles. The number of anilines is 1. The highest BCUT2D eigenvalue weighted by atomic mass is 16.5. The Kier molecular flexibility index (Phi) is 8.41. The number of benzene rings is 1. The molecule has 9 heteroatoms. The number of nitrogens with zero attached hydrogens (tertiary/aromatic N) is 2. The maximum atomic E-state index is 13.2. The second kappa shape index (κ2) is 11.1. The summed E-state index contributed by atoms with van der Waals surface area (Å²) in [6.07, 6.45) is 1.52. The molecule has 1 saturated carbocycles. The third kappa shape index (κ3) is 6.62. The van der Waals surface area contributed by atoms with E-state index in [-0.39, 0.29) is 60.9 Å². The monoisotopic (exact) mass is 474 g/mol. The first-order chi connectivity index (χ1) is 16.1. The molecule has 3 N–H and O–H groups in total. The van der Waals surface area contributed by atoms with Gasteiger partial charge in [-0.2, -0.15) is 0 Å². The molecule has 1 aromatic carbocycles. The molecule has 3 rings (SSSR count). The molecule has 3 atom stereocenters. The minimum absolute atomic E-state index is 0.00456. The summed E-state index contributed by atoms with van der Waals surface area (Å²) in [7, 11) is 1.72. The predicted octanol–water partition coefficient (Wildman–Crippen LogP) is 2.23. The molecule has 188 valence electrons. The average molecular weight is 475 g/mol. The van der Waals surface area contributed by atoms with Crippen molar-refractivity contribution in [3.05, 3.63) is 23.8 Å². The molecule has 0 unspecified atom stereocenters. The molecule has 9 nitrogen and oxygen atoms in total. The summed E-state index contributed by atoms with van der Waals surface area (Å²) in [5, 5.41) is 15.6. The van der Waals surface area contributed by atoms with Crippen LogP contribution in [0.25, 0.3) is 0 Å². The second-order valence-electron chi connectivity index (χ2n) is 9.96. The van der Waals surface area contributed by atoms with Crippen LogP contribution >= 0.6 is 0 Å². The Morgan fingerprint density at radius 1 is 1.26 bits per heavy atom. The molecule has 1 aromatic rings. The van der Waals surface area contributed by atoms with Crippen LogP contribution in [0.3, 0.4) is 0 Å². The molecule has 0 saturated heterocycles. The molecule has 34 heavy (non-hydrogen) atoms. The van der Waals surface area contributed by atoms with Crippen molar-refractivity contribution in [1.82, 2.24) is 15.1 Å². The molecule has 0 bridgehead atoms. The van der Waals surface area contributed by atoms with Gasteiger partial charge in [-0.3, -0.25) is 9.59 Å². The Morgan fingerprint density at radius 3 is 2.59 bits per heavy atom. The van der Waals surface area contributed by atoms with Crippen molar-refractivity contribution in [1.29, 1.82) is 0 Å². The average Bonchev–Trinajstić information content (AvgIpc) is 3.62. The number of nitrogens with one attached hydrogen (secondary N) is 2. The quantitative estimate of drug-likeness (QED) is 0.561. The number of carbonyl (C=O) groups is 3. The molecular formula is C25H38N4O5. The molecule has 1 fully saturated rings. The van der Waals surface area contributed by atoms with Gasteiger partial charge < -0.3 is 30.3 Å². The van der Waals surface area contributed by atoms with Crippen molar-refractivity contribution in [3.8, 4) is 5.75 Å². The highest BCUT2D eigenvalue weighted by Crippen LogP contribution is 2.32. The zero-order valence-corrected chi connectivity index (χ0v) is 20.8. The number of aliphatic hydroxyl groups excluding tert-OH is 1. The molecule has 2 aliphatic rings. The van der Waals surface area contributed by atoms with Crippen molar-refractivity contribution >= 4 is 23.5 Å². The molecule has 1 aliphatic carbocycles. The van der Waals surface area contributed by atoms with Crippen LogP contribution in [0.2, 0.25) is 0 Å². The van der Waals surface area contributed by atoms with Crippen molar-refractivity contribution in [2.75, 3.05) is 32.1 Å². The summed E-state index contributed by atoms with van der Waals surface area (Å²) >= 11 is 0. The number of hydrogen-bond acceptors (Lipinski definition) is 5. The van der Waals surface area contributed by atoms with E-state index in [2.05, 4.69) is 10.6 Å². The fraction of sp³-hybridized carbons (Fsp3) is 0.640. The third-order valence-corrected chi connectivity index (χ3v) is 6.34. The first kappa shape index (κ1) is 25.8. The Morgan fingerprint density at radius 2 is 1.97 bits per heavy atom. The maximum absolute atomic E-state index is 13.2. The van der Waals surface area contributed by atoms with Crippen molar-refractivity contribution in [2.45, 2.75) is 65.1 Å². The first-order valence-electron chi connectivity index (χ1n) is 12.1. The summed E-state index contributed by atoms with van der Waals surface area (Å²) < 4.78 is 6.41. The number of ether oxygens (including phenoxy) is 1. The lowest BCUT2D eigenvalue weighted by Crippen LogP contribution is -2.49. The van der Waals surface area contributed by atoms with Gasteiger partial charge in [0.05, 0.1) is 25.6 Å². The van der Waals surface area contributed by atoms with Gasteiger partial charge in [-0.05, 0) is 51.8 Å². The van der Waals surface area contributed by atoms with E-state index in [9.17, 15) is 19.5 Å². The smallest absolute Gasteiger partial charge is 0.317 e. The zero-order valence-electron chi connectivity index (χ0n) is 20.8. The van der Waals surface area contributed by atoms with Crippen molar-refractivity contribution < 1.29 is 24.2 Å². The first-order valence-corrected chi connectivity index (χ1v) is 12.1. The SMILES string of the molecule is CC(C)NC(=O)N(C)C[C@@H]1Oc2ccc(NC(=O)C3CC3)cc2CC(=O)N([C@@H](C)CO)C[C@@H]1C. The molecule has 4 amide bonds. The highest BCUT2D eigenvalue weighted by molar-refractivity contribution is 5.94. The lowest BCUT2D eigenvalue weighted by molar-refractivity contribution is -0.134. The summed E-state index contributed by atoms with van der Waals surface area (Å²) in [4.78, 5) is 41.2. The van der Waals surface area contributed by atoms with Crippen LogP contribution in [-0.2, 0) is 16.0 Å². The standard InChI is InChI=1S/C25H38N4O5/c1-15(2)26-25(33)28(5)13-22-16(3)12-29(17(4)14-30)23(31)11-19-10-20(8-9-21(19)34-22)27-24(32)18-6-7-18/h8-10,15-18,22,30H,6-7,11-14H2,1-5H3,(H,26,33)(H,27,32)/t16-,17-,22-/m0/s1. The Labute approximate surface area is 201 Å². The maximum Gasteiger partial charge on any atom is 0.317 e. The fourth-order valence-electron chi connectivity index (χ4n) is 4.03. The summed E-state index contributed by atoms with van der Waals surface area (Å²) in [6.45, 7) is 8.18. The van der Waals surface area contributed by atoms with E-state index >= 15 is 0 Å². The van der Waals surface area contributed by atoms with Crippen molar-refractivity contribution in [3.63, 3.8) is 0 Å². The van der Waals surface area contributed by atoms with Crippen LogP contribution in [-0.4, -0.2) is 77.7 Å². The van der Waals surface area contributed by atoms with Gasteiger partial charge in [0.25, 0.3) is 0 Å². The highest BCUT2D eigenvalue weighted by Gasteiger charge is 2.33. The van der Waals surface area contributed by atoms with E-state index < -0.39 is 0 Å². The van der Waals surface area contributed by atoms with Gasteiger partial charge in [0.1, 0.15) is 11.9 Å². The van der Waals surface area contributed by atoms with E-state index in [0.717, 1.165) is 12.8 Å². The summed E-state index contributed by atoms with van der Waals surface area (Å²) in [5.74, 6) is 0.408. The normalized spacial score (nSPS) is 21.5. The number of rotatable bonds is 7. The number of hydrogen-bond donors (Lipinski definition) is 3. The van der Waals surface area contributed by atoms with E-state index in [0.29, 0.717) is 30.1 Å². The second-order valence-corrected chi connectivity index (χ2v) is 9.96. The lowest BCUT2D eigenvalue weighted by atomic mass is 10.0. The topological polar surface area (TPSA) is 111 Å².